The molecule has 1 amide bonds. The summed E-state index contributed by atoms with van der Waals surface area (Å²) in [6.45, 7) is 11.8. The van der Waals surface area contributed by atoms with Gasteiger partial charge in [-0.25, -0.2) is 0 Å². The van der Waals surface area contributed by atoms with E-state index in [1.165, 1.54) is 0 Å². The lowest BCUT2D eigenvalue weighted by Gasteiger charge is -2.27. The summed E-state index contributed by atoms with van der Waals surface area (Å²) in [5.74, 6) is 1.47. The Labute approximate surface area is 213 Å². The Hall–Kier alpha value is -3.48. The molecular formula is C29H37N3O4. The van der Waals surface area contributed by atoms with Crippen LogP contribution < -0.4 is 9.47 Å². The second-order valence-corrected chi connectivity index (χ2v) is 9.43. The van der Waals surface area contributed by atoms with Crippen molar-refractivity contribution in [2.45, 2.75) is 66.3 Å². The van der Waals surface area contributed by atoms with Gasteiger partial charge in [0.2, 0.25) is 0 Å². The number of benzene rings is 2. The number of phenolic OH excluding ortho intramolecular Hbond substituents is 1. The van der Waals surface area contributed by atoms with Crippen LogP contribution in [0.5, 0.6) is 17.2 Å². The zero-order chi connectivity index (χ0) is 25.8. The van der Waals surface area contributed by atoms with Crippen LogP contribution in [0.1, 0.15) is 85.2 Å². The van der Waals surface area contributed by atoms with Crippen LogP contribution in [0.25, 0.3) is 11.3 Å². The van der Waals surface area contributed by atoms with Crippen LogP contribution >= 0.6 is 0 Å². The summed E-state index contributed by atoms with van der Waals surface area (Å²) in [5, 5.41) is 18.5. The van der Waals surface area contributed by atoms with Crippen molar-refractivity contribution in [3.63, 3.8) is 0 Å². The minimum atomic E-state index is -0.349. The first-order valence-corrected chi connectivity index (χ1v) is 13.0. The first-order chi connectivity index (χ1) is 17.4. The molecule has 0 bridgehead atoms. The number of aryl methyl sites for hydroxylation is 2. The summed E-state index contributed by atoms with van der Waals surface area (Å²) >= 11 is 0. The standard InChI is InChI=1S/C29H37N3O4/c1-6-9-10-13-32-27(20-11-12-22(36-14-7-2)23(17-20)35-8-3)24-25(30-31-26(24)29(32)34)21-16-18(4)15-19(5)28(21)33/h11-12,15-17,27,33H,6-10,13-14H2,1-5H3,(H,30,31). The predicted octanol–water partition coefficient (Wildman–Crippen LogP) is 6.32. The molecule has 7 nitrogen and oxygen atoms in total. The molecule has 1 aliphatic heterocycles. The SMILES string of the molecule is CCCCCN1C(=O)c2[nH]nc(-c3cc(C)cc(C)c3O)c2C1c1ccc(OCCC)c(OCC)c1. The third-order valence-electron chi connectivity index (χ3n) is 6.61. The van der Waals surface area contributed by atoms with E-state index in [-0.39, 0.29) is 17.7 Å². The van der Waals surface area contributed by atoms with E-state index in [0.717, 1.165) is 47.9 Å². The summed E-state index contributed by atoms with van der Waals surface area (Å²) in [6, 6.07) is 9.43. The maximum atomic E-state index is 13.6. The highest BCUT2D eigenvalue weighted by Crippen LogP contribution is 2.46. The van der Waals surface area contributed by atoms with Crippen LogP contribution in [0.15, 0.2) is 30.3 Å². The first kappa shape index (κ1) is 25.6. The third-order valence-corrected chi connectivity index (χ3v) is 6.61. The van der Waals surface area contributed by atoms with Crippen molar-refractivity contribution in [3.05, 3.63) is 58.3 Å². The van der Waals surface area contributed by atoms with Gasteiger partial charge >= 0.3 is 0 Å². The van der Waals surface area contributed by atoms with Crippen molar-refractivity contribution in [3.8, 4) is 28.5 Å². The zero-order valence-corrected chi connectivity index (χ0v) is 22.0. The molecule has 7 heteroatoms. The molecule has 0 aliphatic carbocycles. The quantitative estimate of drug-likeness (QED) is 0.306. The highest BCUT2D eigenvalue weighted by atomic mass is 16.5. The number of nitrogens with zero attached hydrogens (tertiary/aromatic N) is 2. The topological polar surface area (TPSA) is 87.7 Å². The Morgan fingerprint density at radius 1 is 1.03 bits per heavy atom. The molecule has 1 atom stereocenters. The maximum Gasteiger partial charge on any atom is 0.273 e. The number of aromatic nitrogens is 2. The smallest absolute Gasteiger partial charge is 0.273 e. The van der Waals surface area contributed by atoms with Crippen LogP contribution in [0, 0.1) is 13.8 Å². The largest absolute Gasteiger partial charge is 0.507 e. The molecule has 0 fully saturated rings. The molecule has 0 spiro atoms. The lowest BCUT2D eigenvalue weighted by molar-refractivity contribution is 0.0740. The number of ether oxygens (including phenoxy) is 2. The molecule has 192 valence electrons. The highest BCUT2D eigenvalue weighted by Gasteiger charge is 2.42. The summed E-state index contributed by atoms with van der Waals surface area (Å²) in [4.78, 5) is 15.5. The molecule has 2 heterocycles. The highest BCUT2D eigenvalue weighted by molar-refractivity contribution is 6.00. The Morgan fingerprint density at radius 2 is 1.83 bits per heavy atom. The van der Waals surface area contributed by atoms with Crippen molar-refractivity contribution < 1.29 is 19.4 Å². The van der Waals surface area contributed by atoms with E-state index < -0.39 is 0 Å². The lowest BCUT2D eigenvalue weighted by Crippen LogP contribution is -2.30. The van der Waals surface area contributed by atoms with E-state index in [1.54, 1.807) is 0 Å². The van der Waals surface area contributed by atoms with E-state index in [2.05, 4.69) is 24.0 Å². The Kier molecular flexibility index (Phi) is 7.87. The number of phenols is 1. The van der Waals surface area contributed by atoms with E-state index >= 15 is 0 Å². The summed E-state index contributed by atoms with van der Waals surface area (Å²) in [7, 11) is 0. The molecule has 1 aliphatic rings. The van der Waals surface area contributed by atoms with E-state index in [0.29, 0.717) is 48.2 Å². The van der Waals surface area contributed by atoms with Crippen molar-refractivity contribution >= 4 is 5.91 Å². The monoisotopic (exact) mass is 491 g/mol. The third kappa shape index (κ3) is 4.79. The molecule has 3 aromatic rings. The summed E-state index contributed by atoms with van der Waals surface area (Å²) < 4.78 is 11.9. The minimum Gasteiger partial charge on any atom is -0.507 e. The number of H-pyrrole nitrogens is 1. The number of rotatable bonds is 11. The second kappa shape index (κ2) is 11.1. The fourth-order valence-corrected chi connectivity index (χ4v) is 4.95. The van der Waals surface area contributed by atoms with Gasteiger partial charge in [0.25, 0.3) is 5.91 Å². The van der Waals surface area contributed by atoms with Crippen molar-refractivity contribution in [2.75, 3.05) is 19.8 Å². The Morgan fingerprint density at radius 3 is 2.56 bits per heavy atom. The molecule has 2 N–H and O–H groups in total. The van der Waals surface area contributed by atoms with Crippen LogP contribution in [0.3, 0.4) is 0 Å². The molecule has 2 aromatic carbocycles. The second-order valence-electron chi connectivity index (χ2n) is 9.43. The summed E-state index contributed by atoms with van der Waals surface area (Å²) in [5.41, 5.74) is 5.24. The minimum absolute atomic E-state index is 0.0713. The normalized spacial score (nSPS) is 14.9. The predicted molar refractivity (Wildman–Crippen MR) is 141 cm³/mol. The maximum absolute atomic E-state index is 13.6. The van der Waals surface area contributed by atoms with Crippen molar-refractivity contribution in [2.24, 2.45) is 0 Å². The van der Waals surface area contributed by atoms with E-state index in [4.69, 9.17) is 9.47 Å². The van der Waals surface area contributed by atoms with Crippen LogP contribution in [0.4, 0.5) is 0 Å². The summed E-state index contributed by atoms with van der Waals surface area (Å²) in [6.07, 6.45) is 3.92. The number of carbonyl (C=O) groups is 1. The number of unbranched alkanes of at least 4 members (excludes halogenated alkanes) is 2. The van der Waals surface area contributed by atoms with Crippen molar-refractivity contribution in [1.29, 1.82) is 0 Å². The van der Waals surface area contributed by atoms with Gasteiger partial charge in [0.1, 0.15) is 17.1 Å². The number of carbonyl (C=O) groups excluding carboxylic acids is 1. The average Bonchev–Trinajstić information content (AvgIpc) is 3.40. The van der Waals surface area contributed by atoms with Gasteiger partial charge in [-0.05, 0) is 68.5 Å². The van der Waals surface area contributed by atoms with Gasteiger partial charge in [-0.3, -0.25) is 9.89 Å². The molecule has 1 unspecified atom stereocenters. The van der Waals surface area contributed by atoms with Crippen LogP contribution in [-0.4, -0.2) is 45.9 Å². The molecular weight excluding hydrogens is 454 g/mol. The van der Waals surface area contributed by atoms with Gasteiger partial charge in [0.05, 0.1) is 19.3 Å². The van der Waals surface area contributed by atoms with E-state index in [9.17, 15) is 9.90 Å². The fraction of sp³-hybridized carbons (Fsp3) is 0.448. The average molecular weight is 492 g/mol. The molecule has 4 rings (SSSR count). The zero-order valence-electron chi connectivity index (χ0n) is 22.0. The van der Waals surface area contributed by atoms with Gasteiger partial charge in [-0.1, -0.05) is 38.8 Å². The first-order valence-electron chi connectivity index (χ1n) is 13.0. The Bertz CT molecular complexity index is 1230. The number of hydrogen-bond acceptors (Lipinski definition) is 5. The lowest BCUT2D eigenvalue weighted by atomic mass is 9.93. The molecule has 0 radical (unpaired) electrons. The molecule has 36 heavy (non-hydrogen) atoms. The number of aromatic hydroxyl groups is 1. The van der Waals surface area contributed by atoms with Gasteiger partial charge in [0, 0.05) is 17.7 Å². The number of hydrogen-bond donors (Lipinski definition) is 2. The molecule has 0 saturated carbocycles. The van der Waals surface area contributed by atoms with Gasteiger partial charge in [0.15, 0.2) is 11.5 Å². The van der Waals surface area contributed by atoms with Gasteiger partial charge in [-0.2, -0.15) is 5.10 Å². The van der Waals surface area contributed by atoms with E-state index in [1.807, 2.05) is 56.0 Å². The van der Waals surface area contributed by atoms with Crippen LogP contribution in [-0.2, 0) is 0 Å². The van der Waals surface area contributed by atoms with Crippen molar-refractivity contribution in [1.82, 2.24) is 15.1 Å². The van der Waals surface area contributed by atoms with Crippen LogP contribution in [0.2, 0.25) is 0 Å². The number of amides is 1. The van der Waals surface area contributed by atoms with Gasteiger partial charge in [-0.15, -0.1) is 0 Å². The molecule has 1 aromatic heterocycles. The number of aromatic amines is 1. The molecule has 0 saturated heterocycles. The number of nitrogens with one attached hydrogen (secondary N) is 1. The van der Waals surface area contributed by atoms with Gasteiger partial charge < -0.3 is 19.5 Å². The fourth-order valence-electron chi connectivity index (χ4n) is 4.95. The number of fused-ring (bicyclic) bond motifs is 1. The Balaban J connectivity index is 1.86.